The van der Waals surface area contributed by atoms with Crippen molar-refractivity contribution in [3.8, 4) is 5.75 Å². The van der Waals surface area contributed by atoms with E-state index >= 15 is 0 Å². The molecule has 156 valence electrons. The van der Waals surface area contributed by atoms with Crippen LogP contribution in [0.25, 0.3) is 16.8 Å². The first-order valence-corrected chi connectivity index (χ1v) is 10.2. The van der Waals surface area contributed by atoms with Gasteiger partial charge in [-0.3, -0.25) is 9.59 Å². The van der Waals surface area contributed by atoms with Crippen molar-refractivity contribution >= 4 is 50.7 Å². The van der Waals surface area contributed by atoms with Crippen molar-refractivity contribution in [3.63, 3.8) is 0 Å². The van der Waals surface area contributed by atoms with Crippen LogP contribution >= 0.6 is 15.9 Å². The molecule has 0 unspecified atom stereocenters. The Balaban J connectivity index is 1.50. The van der Waals surface area contributed by atoms with Crippen LogP contribution in [-0.4, -0.2) is 34.5 Å². The molecule has 1 aliphatic heterocycles. The third-order valence-electron chi connectivity index (χ3n) is 4.79. The van der Waals surface area contributed by atoms with E-state index in [0.29, 0.717) is 27.3 Å². The maximum atomic E-state index is 12.2. The number of aliphatic carboxylic acids is 1. The Morgan fingerprint density at radius 1 is 1.10 bits per heavy atom. The SMILES string of the molecule is O=C(O)CN1C(=O)N/C(=C/c2ccc(OCc3cccc4ccccc34)c(Br)c2)C1=O. The molecule has 0 bridgehead atoms. The van der Waals surface area contributed by atoms with Gasteiger partial charge >= 0.3 is 12.0 Å². The first kappa shape index (κ1) is 20.6. The second-order valence-corrected chi connectivity index (χ2v) is 7.74. The minimum atomic E-state index is -1.26. The summed E-state index contributed by atoms with van der Waals surface area (Å²) in [6.07, 6.45) is 1.49. The molecule has 7 nitrogen and oxygen atoms in total. The monoisotopic (exact) mass is 480 g/mol. The van der Waals surface area contributed by atoms with Crippen LogP contribution in [0, 0.1) is 0 Å². The van der Waals surface area contributed by atoms with Gasteiger partial charge in [0.15, 0.2) is 0 Å². The first-order chi connectivity index (χ1) is 14.9. The summed E-state index contributed by atoms with van der Waals surface area (Å²) in [5.41, 5.74) is 1.72. The zero-order chi connectivity index (χ0) is 22.0. The number of hydrogen-bond acceptors (Lipinski definition) is 4. The highest BCUT2D eigenvalue weighted by Crippen LogP contribution is 2.29. The Bertz CT molecular complexity index is 1230. The van der Waals surface area contributed by atoms with E-state index in [9.17, 15) is 14.4 Å². The van der Waals surface area contributed by atoms with Crippen LogP contribution in [-0.2, 0) is 16.2 Å². The van der Waals surface area contributed by atoms with Crippen molar-refractivity contribution in [1.82, 2.24) is 10.2 Å². The molecule has 31 heavy (non-hydrogen) atoms. The summed E-state index contributed by atoms with van der Waals surface area (Å²) in [6, 6.07) is 18.7. The van der Waals surface area contributed by atoms with Crippen LogP contribution in [0.1, 0.15) is 11.1 Å². The molecular weight excluding hydrogens is 464 g/mol. The van der Waals surface area contributed by atoms with Crippen LogP contribution in [0.15, 0.2) is 70.8 Å². The number of fused-ring (bicyclic) bond motifs is 1. The average Bonchev–Trinajstić information content (AvgIpc) is 3.00. The zero-order valence-electron chi connectivity index (χ0n) is 16.2. The van der Waals surface area contributed by atoms with E-state index in [4.69, 9.17) is 9.84 Å². The quantitative estimate of drug-likeness (QED) is 0.407. The lowest BCUT2D eigenvalue weighted by molar-refractivity contribution is -0.140. The number of nitrogens with zero attached hydrogens (tertiary/aromatic N) is 1. The average molecular weight is 481 g/mol. The Morgan fingerprint density at radius 3 is 2.65 bits per heavy atom. The second kappa shape index (κ2) is 8.61. The van der Waals surface area contributed by atoms with Crippen molar-refractivity contribution in [2.75, 3.05) is 6.54 Å². The predicted molar refractivity (Wildman–Crippen MR) is 118 cm³/mol. The highest BCUT2D eigenvalue weighted by atomic mass is 79.9. The van der Waals surface area contributed by atoms with E-state index in [1.165, 1.54) is 6.08 Å². The van der Waals surface area contributed by atoms with E-state index < -0.39 is 24.5 Å². The highest BCUT2D eigenvalue weighted by Gasteiger charge is 2.34. The van der Waals surface area contributed by atoms with E-state index in [2.05, 4.69) is 39.4 Å². The highest BCUT2D eigenvalue weighted by molar-refractivity contribution is 9.10. The Labute approximate surface area is 186 Å². The Kier molecular flexibility index (Phi) is 5.73. The molecule has 1 heterocycles. The number of hydrogen-bond donors (Lipinski definition) is 2. The molecule has 3 aromatic carbocycles. The number of carbonyl (C=O) groups excluding carboxylic acids is 2. The van der Waals surface area contributed by atoms with E-state index in [0.717, 1.165) is 16.3 Å². The number of carboxylic acids is 1. The molecule has 0 aromatic heterocycles. The van der Waals surface area contributed by atoms with Gasteiger partial charge in [-0.15, -0.1) is 0 Å². The van der Waals surface area contributed by atoms with Gasteiger partial charge in [-0.2, -0.15) is 0 Å². The molecule has 8 heteroatoms. The lowest BCUT2D eigenvalue weighted by Crippen LogP contribution is -2.35. The summed E-state index contributed by atoms with van der Waals surface area (Å²) in [7, 11) is 0. The number of carbonyl (C=O) groups is 3. The lowest BCUT2D eigenvalue weighted by atomic mass is 10.1. The molecule has 1 aliphatic rings. The zero-order valence-corrected chi connectivity index (χ0v) is 17.8. The minimum Gasteiger partial charge on any atom is -0.488 e. The molecule has 3 aromatic rings. The van der Waals surface area contributed by atoms with Crippen molar-refractivity contribution in [3.05, 3.63) is 82.0 Å². The van der Waals surface area contributed by atoms with Gasteiger partial charge in [0.1, 0.15) is 24.6 Å². The number of rotatable bonds is 6. The fourth-order valence-electron chi connectivity index (χ4n) is 3.31. The van der Waals surface area contributed by atoms with E-state index in [1.807, 2.05) is 24.3 Å². The van der Waals surface area contributed by atoms with Crippen molar-refractivity contribution in [2.24, 2.45) is 0 Å². The van der Waals surface area contributed by atoms with Crippen molar-refractivity contribution in [2.45, 2.75) is 6.61 Å². The normalized spacial score (nSPS) is 14.9. The van der Waals surface area contributed by atoms with Gasteiger partial charge in [0, 0.05) is 0 Å². The summed E-state index contributed by atoms with van der Waals surface area (Å²) >= 11 is 3.48. The van der Waals surface area contributed by atoms with Crippen LogP contribution in [0.3, 0.4) is 0 Å². The number of carboxylic acid groups (broad SMARTS) is 1. The van der Waals surface area contributed by atoms with E-state index in [-0.39, 0.29) is 5.70 Å². The molecule has 2 N–H and O–H groups in total. The van der Waals surface area contributed by atoms with E-state index in [1.54, 1.807) is 18.2 Å². The molecule has 0 spiro atoms. The summed E-state index contributed by atoms with van der Waals surface area (Å²) in [6.45, 7) is -0.300. The lowest BCUT2D eigenvalue weighted by Gasteiger charge is -2.11. The summed E-state index contributed by atoms with van der Waals surface area (Å²) in [5, 5.41) is 13.5. The van der Waals surface area contributed by atoms with Crippen LogP contribution < -0.4 is 10.1 Å². The smallest absolute Gasteiger partial charge is 0.329 e. The maximum absolute atomic E-state index is 12.2. The van der Waals surface area contributed by atoms with Crippen molar-refractivity contribution < 1.29 is 24.2 Å². The second-order valence-electron chi connectivity index (χ2n) is 6.89. The summed E-state index contributed by atoms with van der Waals surface area (Å²) in [5.74, 6) is -1.32. The number of ether oxygens (including phenoxy) is 1. The third-order valence-corrected chi connectivity index (χ3v) is 5.41. The van der Waals surface area contributed by atoms with Gasteiger partial charge in [0.05, 0.1) is 4.47 Å². The standard InChI is InChI=1S/C23H17BrN2O5/c24-18-10-14(11-19-22(29)26(12-21(27)28)23(30)25-19)8-9-20(18)31-13-16-6-3-5-15-4-1-2-7-17(15)16/h1-11H,12-13H2,(H,25,30)(H,27,28)/b19-11+. The number of urea groups is 1. The molecule has 0 radical (unpaired) electrons. The van der Waals surface area contributed by atoms with Gasteiger partial charge in [-0.1, -0.05) is 48.5 Å². The number of amides is 3. The molecule has 0 saturated carbocycles. The molecule has 1 saturated heterocycles. The fourth-order valence-corrected chi connectivity index (χ4v) is 3.83. The van der Waals surface area contributed by atoms with Crippen LogP contribution in [0.5, 0.6) is 5.75 Å². The first-order valence-electron chi connectivity index (χ1n) is 9.38. The van der Waals surface area contributed by atoms with Gasteiger partial charge in [-0.25, -0.2) is 9.69 Å². The van der Waals surface area contributed by atoms with Gasteiger partial charge in [0.25, 0.3) is 5.91 Å². The Morgan fingerprint density at radius 2 is 1.87 bits per heavy atom. The number of halogens is 1. The molecule has 1 fully saturated rings. The number of benzene rings is 3. The third kappa shape index (κ3) is 4.44. The summed E-state index contributed by atoms with van der Waals surface area (Å²) in [4.78, 5) is 35.5. The Hall–Kier alpha value is -3.65. The van der Waals surface area contributed by atoms with Crippen molar-refractivity contribution in [1.29, 1.82) is 0 Å². The van der Waals surface area contributed by atoms with Crippen LogP contribution in [0.2, 0.25) is 0 Å². The largest absolute Gasteiger partial charge is 0.488 e. The molecule has 4 rings (SSSR count). The number of imide groups is 1. The van der Waals surface area contributed by atoms with Gasteiger partial charge < -0.3 is 15.2 Å². The molecular formula is C23H17BrN2O5. The summed E-state index contributed by atoms with van der Waals surface area (Å²) < 4.78 is 6.66. The number of nitrogens with one attached hydrogen (secondary N) is 1. The molecule has 3 amide bonds. The molecule has 0 aliphatic carbocycles. The van der Waals surface area contributed by atoms with Crippen LogP contribution in [0.4, 0.5) is 4.79 Å². The topological polar surface area (TPSA) is 95.9 Å². The minimum absolute atomic E-state index is 0.0163. The molecule has 0 atom stereocenters. The fraction of sp³-hybridized carbons (Fsp3) is 0.0870. The predicted octanol–water partition coefficient (Wildman–Crippen LogP) is 4.16. The van der Waals surface area contributed by atoms with Gasteiger partial charge in [-0.05, 0) is 56.0 Å². The van der Waals surface area contributed by atoms with Gasteiger partial charge in [0.2, 0.25) is 0 Å². The maximum Gasteiger partial charge on any atom is 0.329 e.